The lowest BCUT2D eigenvalue weighted by Crippen LogP contribution is -2.21. The Morgan fingerprint density at radius 3 is 2.33 bits per heavy atom. The number of aromatic nitrogens is 1. The van der Waals surface area contributed by atoms with Crippen LogP contribution in [0.1, 0.15) is 17.0 Å². The van der Waals surface area contributed by atoms with Gasteiger partial charge in [0.05, 0.1) is 13.7 Å². The number of methoxy groups -OCH3 is 3. The Labute approximate surface area is 141 Å². The van der Waals surface area contributed by atoms with E-state index in [0.29, 0.717) is 18.1 Å². The third-order valence-corrected chi connectivity index (χ3v) is 3.56. The third-order valence-electron chi connectivity index (χ3n) is 3.56. The van der Waals surface area contributed by atoms with E-state index in [4.69, 9.17) is 18.7 Å². The first-order chi connectivity index (χ1) is 11.6. The van der Waals surface area contributed by atoms with Gasteiger partial charge in [-0.15, -0.1) is 0 Å². The second kappa shape index (κ2) is 8.47. The Kier molecular flexibility index (Phi) is 6.34. The molecular weight excluding hydrogens is 310 g/mol. The molecule has 2 rings (SSSR count). The van der Waals surface area contributed by atoms with Crippen LogP contribution < -0.4 is 10.1 Å². The summed E-state index contributed by atoms with van der Waals surface area (Å²) in [6.07, 6.45) is -0.412. The molecule has 0 unspecified atom stereocenters. The van der Waals surface area contributed by atoms with E-state index in [0.717, 1.165) is 22.7 Å². The molecule has 0 fully saturated rings. The van der Waals surface area contributed by atoms with Gasteiger partial charge in [-0.3, -0.25) is 4.99 Å². The molecule has 0 aliphatic carbocycles. The van der Waals surface area contributed by atoms with Gasteiger partial charge in [-0.05, 0) is 38.1 Å². The van der Waals surface area contributed by atoms with E-state index >= 15 is 0 Å². The summed E-state index contributed by atoms with van der Waals surface area (Å²) in [4.78, 5) is 4.59. The van der Waals surface area contributed by atoms with Crippen LogP contribution in [0.3, 0.4) is 0 Å². The Balaban J connectivity index is 2.31. The van der Waals surface area contributed by atoms with E-state index < -0.39 is 6.29 Å². The van der Waals surface area contributed by atoms with Crippen LogP contribution in [0.4, 0.5) is 5.69 Å². The van der Waals surface area contributed by atoms with Crippen LogP contribution in [-0.4, -0.2) is 45.2 Å². The summed E-state index contributed by atoms with van der Waals surface area (Å²) in [7, 11) is 4.80. The fourth-order valence-electron chi connectivity index (χ4n) is 2.14. The third kappa shape index (κ3) is 4.33. The second-order valence-corrected chi connectivity index (χ2v) is 5.14. The SMILES string of the molecule is COc1ccc(/C(=N/CC(OC)OC)Nc2c(C)noc2C)cc1. The first-order valence-corrected chi connectivity index (χ1v) is 7.53. The molecule has 1 N–H and O–H groups in total. The van der Waals surface area contributed by atoms with Crippen molar-refractivity contribution in [3.05, 3.63) is 41.3 Å². The van der Waals surface area contributed by atoms with Crippen molar-refractivity contribution in [2.45, 2.75) is 20.1 Å². The van der Waals surface area contributed by atoms with Gasteiger partial charge in [0.15, 0.2) is 12.1 Å². The number of hydrogen-bond acceptors (Lipinski definition) is 6. The fourth-order valence-corrected chi connectivity index (χ4v) is 2.14. The zero-order valence-electron chi connectivity index (χ0n) is 14.6. The number of anilines is 1. The molecule has 0 spiro atoms. The number of rotatable bonds is 7. The minimum absolute atomic E-state index is 0.352. The smallest absolute Gasteiger partial charge is 0.176 e. The number of nitrogens with one attached hydrogen (secondary N) is 1. The Hall–Kier alpha value is -2.38. The van der Waals surface area contributed by atoms with Crippen molar-refractivity contribution in [2.75, 3.05) is 33.2 Å². The molecule has 1 aromatic carbocycles. The Morgan fingerprint density at radius 1 is 1.17 bits per heavy atom. The van der Waals surface area contributed by atoms with Crippen molar-refractivity contribution in [1.82, 2.24) is 5.16 Å². The van der Waals surface area contributed by atoms with Gasteiger partial charge in [-0.2, -0.15) is 0 Å². The van der Waals surface area contributed by atoms with Crippen molar-refractivity contribution in [3.63, 3.8) is 0 Å². The van der Waals surface area contributed by atoms with Crippen LogP contribution >= 0.6 is 0 Å². The van der Waals surface area contributed by atoms with Gasteiger partial charge in [0, 0.05) is 19.8 Å². The lowest BCUT2D eigenvalue weighted by atomic mass is 10.2. The summed E-state index contributed by atoms with van der Waals surface area (Å²) in [6, 6.07) is 7.61. The normalized spacial score (nSPS) is 11.8. The second-order valence-electron chi connectivity index (χ2n) is 5.14. The number of hydrogen-bond donors (Lipinski definition) is 1. The summed E-state index contributed by atoms with van der Waals surface area (Å²) in [6.45, 7) is 4.07. The van der Waals surface area contributed by atoms with Crippen molar-refractivity contribution >= 4 is 11.5 Å². The highest BCUT2D eigenvalue weighted by atomic mass is 16.7. The fraction of sp³-hybridized carbons (Fsp3) is 0.412. The highest BCUT2D eigenvalue weighted by molar-refractivity contribution is 6.08. The molecule has 24 heavy (non-hydrogen) atoms. The largest absolute Gasteiger partial charge is 0.497 e. The summed E-state index contributed by atoms with van der Waals surface area (Å²) >= 11 is 0. The van der Waals surface area contributed by atoms with Gasteiger partial charge in [0.25, 0.3) is 0 Å². The molecule has 130 valence electrons. The summed E-state index contributed by atoms with van der Waals surface area (Å²) < 4.78 is 20.8. The summed E-state index contributed by atoms with van der Waals surface area (Å²) in [5.41, 5.74) is 2.47. The van der Waals surface area contributed by atoms with Gasteiger partial charge >= 0.3 is 0 Å². The van der Waals surface area contributed by atoms with Crippen LogP contribution in [0.5, 0.6) is 5.75 Å². The predicted octanol–water partition coefficient (Wildman–Crippen LogP) is 2.78. The quantitative estimate of drug-likeness (QED) is 0.477. The van der Waals surface area contributed by atoms with E-state index in [1.807, 2.05) is 38.1 Å². The van der Waals surface area contributed by atoms with Crippen molar-refractivity contribution in [2.24, 2.45) is 4.99 Å². The maximum Gasteiger partial charge on any atom is 0.176 e. The van der Waals surface area contributed by atoms with E-state index in [1.54, 1.807) is 21.3 Å². The minimum atomic E-state index is -0.412. The molecule has 0 saturated heterocycles. The molecule has 0 radical (unpaired) electrons. The lowest BCUT2D eigenvalue weighted by Gasteiger charge is -2.14. The minimum Gasteiger partial charge on any atom is -0.497 e. The summed E-state index contributed by atoms with van der Waals surface area (Å²) in [5.74, 6) is 2.15. The standard InChI is InChI=1S/C17H23N3O4/c1-11-16(12(2)24-20-11)19-17(18-10-15(22-4)23-5)13-6-8-14(21-3)9-7-13/h6-9,15H,10H2,1-5H3,(H,18,19). The van der Waals surface area contributed by atoms with Crippen LogP contribution in [0.15, 0.2) is 33.8 Å². The maximum absolute atomic E-state index is 5.20. The van der Waals surface area contributed by atoms with Crippen LogP contribution in [0.25, 0.3) is 0 Å². The van der Waals surface area contributed by atoms with Crippen molar-refractivity contribution in [1.29, 1.82) is 0 Å². The zero-order valence-corrected chi connectivity index (χ0v) is 14.6. The van der Waals surface area contributed by atoms with Gasteiger partial charge in [0.1, 0.15) is 23.0 Å². The maximum atomic E-state index is 5.20. The molecule has 1 heterocycles. The first-order valence-electron chi connectivity index (χ1n) is 7.53. The van der Waals surface area contributed by atoms with E-state index in [9.17, 15) is 0 Å². The number of aliphatic imine (C=N–C) groups is 1. The Bertz CT molecular complexity index is 656. The molecule has 7 nitrogen and oxygen atoms in total. The topological polar surface area (TPSA) is 78.1 Å². The van der Waals surface area contributed by atoms with Crippen LogP contribution in [0.2, 0.25) is 0 Å². The van der Waals surface area contributed by atoms with Crippen LogP contribution in [-0.2, 0) is 9.47 Å². The highest BCUT2D eigenvalue weighted by Crippen LogP contribution is 2.21. The molecule has 0 aliphatic heterocycles. The molecule has 1 aromatic heterocycles. The molecule has 0 bridgehead atoms. The van der Waals surface area contributed by atoms with Crippen LogP contribution in [0, 0.1) is 13.8 Å². The molecule has 0 amide bonds. The monoisotopic (exact) mass is 333 g/mol. The van der Waals surface area contributed by atoms with Gasteiger partial charge in [-0.25, -0.2) is 0 Å². The number of nitrogens with zero attached hydrogens (tertiary/aromatic N) is 2. The Morgan fingerprint density at radius 2 is 1.83 bits per heavy atom. The zero-order chi connectivity index (χ0) is 17.5. The molecule has 0 saturated carbocycles. The number of amidine groups is 1. The van der Waals surface area contributed by atoms with Crippen molar-refractivity contribution in [3.8, 4) is 5.75 Å². The number of benzene rings is 1. The predicted molar refractivity (Wildman–Crippen MR) is 91.8 cm³/mol. The van der Waals surface area contributed by atoms with Gasteiger partial charge in [0.2, 0.25) is 0 Å². The van der Waals surface area contributed by atoms with Crippen molar-refractivity contribution < 1.29 is 18.7 Å². The van der Waals surface area contributed by atoms with E-state index in [2.05, 4.69) is 15.5 Å². The summed E-state index contributed by atoms with van der Waals surface area (Å²) in [5, 5.41) is 7.25. The highest BCUT2D eigenvalue weighted by Gasteiger charge is 2.14. The first kappa shape index (κ1) is 18.0. The molecular formula is C17H23N3O4. The van der Waals surface area contributed by atoms with Gasteiger partial charge < -0.3 is 24.1 Å². The lowest BCUT2D eigenvalue weighted by molar-refractivity contribution is -0.0936. The average molecular weight is 333 g/mol. The van der Waals surface area contributed by atoms with E-state index in [-0.39, 0.29) is 0 Å². The average Bonchev–Trinajstić information content (AvgIpc) is 2.93. The molecule has 7 heteroatoms. The number of ether oxygens (including phenoxy) is 3. The molecule has 0 atom stereocenters. The molecule has 2 aromatic rings. The number of aryl methyl sites for hydroxylation is 2. The molecule has 0 aliphatic rings. The van der Waals surface area contributed by atoms with E-state index in [1.165, 1.54) is 0 Å². The van der Waals surface area contributed by atoms with Gasteiger partial charge in [-0.1, -0.05) is 5.16 Å².